The second kappa shape index (κ2) is 7.12. The summed E-state index contributed by atoms with van der Waals surface area (Å²) in [6.07, 6.45) is 9.75. The Hall–Kier alpha value is -0.410. The Kier molecular flexibility index (Phi) is 5.46. The van der Waals surface area contributed by atoms with Crippen molar-refractivity contribution in [2.24, 2.45) is 5.92 Å². The molecule has 1 heterocycles. The van der Waals surface area contributed by atoms with Crippen LogP contribution in [0.1, 0.15) is 57.6 Å². The van der Waals surface area contributed by atoms with E-state index in [1.165, 1.54) is 50.6 Å². The first-order chi connectivity index (χ1) is 8.38. The molecule has 1 N–H and O–H groups in total. The van der Waals surface area contributed by atoms with Crippen molar-refractivity contribution in [3.8, 4) is 0 Å². The van der Waals surface area contributed by atoms with Crippen LogP contribution >= 0.6 is 11.3 Å². The topological polar surface area (TPSA) is 24.9 Å². The predicted molar refractivity (Wildman–Crippen MR) is 74.2 cm³/mol. The number of rotatable bonds is 5. The predicted octanol–water partition coefficient (Wildman–Crippen LogP) is 3.98. The third kappa shape index (κ3) is 4.40. The van der Waals surface area contributed by atoms with Gasteiger partial charge in [-0.2, -0.15) is 0 Å². The third-order valence-electron chi connectivity index (χ3n) is 3.84. The molecular formula is C14H24N2S. The minimum Gasteiger partial charge on any atom is -0.308 e. The summed E-state index contributed by atoms with van der Waals surface area (Å²) in [6.45, 7) is 3.26. The summed E-state index contributed by atoms with van der Waals surface area (Å²) in [6, 6.07) is 0.721. The standard InChI is InChI=1S/C14H24N2S/c1-2-4-12-5-3-6-13(8-7-12)15-9-14-10-17-11-16-14/h10-13,15H,2-9H2,1H3. The molecule has 0 spiro atoms. The minimum absolute atomic E-state index is 0.721. The zero-order valence-corrected chi connectivity index (χ0v) is 11.6. The Balaban J connectivity index is 1.71. The number of nitrogens with one attached hydrogen (secondary N) is 1. The molecule has 0 aliphatic heterocycles. The van der Waals surface area contributed by atoms with Crippen LogP contribution in [0.25, 0.3) is 0 Å². The summed E-state index contributed by atoms with van der Waals surface area (Å²) < 4.78 is 0. The van der Waals surface area contributed by atoms with E-state index in [9.17, 15) is 0 Å². The highest BCUT2D eigenvalue weighted by Crippen LogP contribution is 2.26. The van der Waals surface area contributed by atoms with Gasteiger partial charge >= 0.3 is 0 Å². The van der Waals surface area contributed by atoms with Crippen LogP contribution < -0.4 is 5.32 Å². The van der Waals surface area contributed by atoms with Crippen molar-refractivity contribution in [3.63, 3.8) is 0 Å². The van der Waals surface area contributed by atoms with Crippen molar-refractivity contribution in [1.29, 1.82) is 0 Å². The lowest BCUT2D eigenvalue weighted by atomic mass is 9.95. The molecule has 2 atom stereocenters. The van der Waals surface area contributed by atoms with Crippen molar-refractivity contribution < 1.29 is 0 Å². The molecule has 1 saturated carbocycles. The van der Waals surface area contributed by atoms with Crippen LogP contribution in [0.4, 0.5) is 0 Å². The molecule has 2 unspecified atom stereocenters. The van der Waals surface area contributed by atoms with Crippen molar-refractivity contribution in [2.75, 3.05) is 0 Å². The maximum Gasteiger partial charge on any atom is 0.0795 e. The minimum atomic E-state index is 0.721. The first-order valence-electron chi connectivity index (χ1n) is 6.99. The lowest BCUT2D eigenvalue weighted by molar-refractivity contribution is 0.409. The quantitative estimate of drug-likeness (QED) is 0.802. The van der Waals surface area contributed by atoms with Crippen molar-refractivity contribution >= 4 is 11.3 Å². The molecule has 0 aromatic carbocycles. The van der Waals surface area contributed by atoms with E-state index >= 15 is 0 Å². The van der Waals surface area contributed by atoms with Gasteiger partial charge in [-0.3, -0.25) is 0 Å². The smallest absolute Gasteiger partial charge is 0.0795 e. The Labute approximate surface area is 109 Å². The fourth-order valence-electron chi connectivity index (χ4n) is 2.85. The molecule has 17 heavy (non-hydrogen) atoms. The number of thiazole rings is 1. The largest absolute Gasteiger partial charge is 0.308 e. The van der Waals surface area contributed by atoms with Gasteiger partial charge in [0.05, 0.1) is 11.2 Å². The van der Waals surface area contributed by atoms with Gasteiger partial charge in [0.2, 0.25) is 0 Å². The van der Waals surface area contributed by atoms with Gasteiger partial charge in [0.1, 0.15) is 0 Å². The molecule has 0 bridgehead atoms. The number of hydrogen-bond donors (Lipinski definition) is 1. The lowest BCUT2D eigenvalue weighted by Crippen LogP contribution is -2.28. The molecule has 3 heteroatoms. The highest BCUT2D eigenvalue weighted by molar-refractivity contribution is 7.07. The fourth-order valence-corrected chi connectivity index (χ4v) is 3.41. The van der Waals surface area contributed by atoms with Crippen LogP contribution in [0, 0.1) is 5.92 Å². The van der Waals surface area contributed by atoms with E-state index in [0.29, 0.717) is 0 Å². The van der Waals surface area contributed by atoms with E-state index in [-0.39, 0.29) is 0 Å². The van der Waals surface area contributed by atoms with E-state index in [0.717, 1.165) is 18.5 Å². The second-order valence-electron chi connectivity index (χ2n) is 5.22. The summed E-state index contributed by atoms with van der Waals surface area (Å²) in [7, 11) is 0. The highest BCUT2D eigenvalue weighted by Gasteiger charge is 2.17. The monoisotopic (exact) mass is 252 g/mol. The first-order valence-corrected chi connectivity index (χ1v) is 7.93. The van der Waals surface area contributed by atoms with E-state index in [1.54, 1.807) is 11.3 Å². The molecule has 1 fully saturated rings. The Morgan fingerprint density at radius 2 is 2.29 bits per heavy atom. The Morgan fingerprint density at radius 1 is 1.35 bits per heavy atom. The first kappa shape index (κ1) is 13.0. The van der Waals surface area contributed by atoms with Gasteiger partial charge in [0.15, 0.2) is 0 Å². The number of aromatic nitrogens is 1. The second-order valence-corrected chi connectivity index (χ2v) is 5.94. The van der Waals surface area contributed by atoms with Gasteiger partial charge in [-0.25, -0.2) is 4.98 Å². The van der Waals surface area contributed by atoms with Gasteiger partial charge in [-0.1, -0.05) is 32.6 Å². The maximum atomic E-state index is 4.32. The van der Waals surface area contributed by atoms with Crippen LogP contribution in [0.2, 0.25) is 0 Å². The number of hydrogen-bond acceptors (Lipinski definition) is 3. The van der Waals surface area contributed by atoms with E-state index in [1.807, 2.05) is 5.51 Å². The zero-order chi connectivity index (χ0) is 11.9. The summed E-state index contributed by atoms with van der Waals surface area (Å²) >= 11 is 1.69. The van der Waals surface area contributed by atoms with Gasteiger partial charge in [-0.15, -0.1) is 11.3 Å². The molecule has 1 aliphatic carbocycles. The summed E-state index contributed by atoms with van der Waals surface area (Å²) in [4.78, 5) is 4.32. The van der Waals surface area contributed by atoms with Crippen LogP contribution in [0.5, 0.6) is 0 Å². The van der Waals surface area contributed by atoms with Crippen LogP contribution in [-0.4, -0.2) is 11.0 Å². The van der Waals surface area contributed by atoms with Crippen molar-refractivity contribution in [1.82, 2.24) is 10.3 Å². The number of nitrogens with zero attached hydrogens (tertiary/aromatic N) is 1. The Bertz CT molecular complexity index is 297. The molecule has 2 rings (SSSR count). The molecular weight excluding hydrogens is 228 g/mol. The van der Waals surface area contributed by atoms with Gasteiger partial charge < -0.3 is 5.32 Å². The van der Waals surface area contributed by atoms with Gasteiger partial charge in [0, 0.05) is 18.0 Å². The molecule has 0 amide bonds. The van der Waals surface area contributed by atoms with E-state index in [4.69, 9.17) is 0 Å². The summed E-state index contributed by atoms with van der Waals surface area (Å²) in [5.74, 6) is 0.992. The lowest BCUT2D eigenvalue weighted by Gasteiger charge is -2.16. The zero-order valence-electron chi connectivity index (χ0n) is 10.8. The molecule has 1 aromatic heterocycles. The van der Waals surface area contributed by atoms with Crippen molar-refractivity contribution in [2.45, 2.75) is 64.5 Å². The SMILES string of the molecule is CCCC1CCCC(NCc2cscn2)CC1. The van der Waals surface area contributed by atoms with E-state index < -0.39 is 0 Å². The average molecular weight is 252 g/mol. The average Bonchev–Trinajstić information content (AvgIpc) is 2.75. The molecule has 2 nitrogen and oxygen atoms in total. The van der Waals surface area contributed by atoms with Crippen LogP contribution in [-0.2, 0) is 6.54 Å². The molecule has 1 aromatic rings. The molecule has 1 aliphatic rings. The highest BCUT2D eigenvalue weighted by atomic mass is 32.1. The molecule has 0 saturated heterocycles. The van der Waals surface area contributed by atoms with Crippen molar-refractivity contribution in [3.05, 3.63) is 16.6 Å². The third-order valence-corrected chi connectivity index (χ3v) is 4.48. The van der Waals surface area contributed by atoms with Gasteiger partial charge in [-0.05, 0) is 25.2 Å². The fraction of sp³-hybridized carbons (Fsp3) is 0.786. The normalized spacial score (nSPS) is 25.7. The van der Waals surface area contributed by atoms with Crippen LogP contribution in [0.15, 0.2) is 10.9 Å². The molecule has 96 valence electrons. The molecule has 0 radical (unpaired) electrons. The Morgan fingerprint density at radius 3 is 3.06 bits per heavy atom. The summed E-state index contributed by atoms with van der Waals surface area (Å²) in [5, 5.41) is 5.81. The van der Waals surface area contributed by atoms with Gasteiger partial charge in [0.25, 0.3) is 0 Å². The summed E-state index contributed by atoms with van der Waals surface area (Å²) in [5.41, 5.74) is 3.12. The van der Waals surface area contributed by atoms with E-state index in [2.05, 4.69) is 22.6 Å². The van der Waals surface area contributed by atoms with Crippen LogP contribution in [0.3, 0.4) is 0 Å². The maximum absolute atomic E-state index is 4.32.